The van der Waals surface area contributed by atoms with E-state index in [-0.39, 0.29) is 11.8 Å². The molecule has 2 aliphatic rings. The second-order valence-electron chi connectivity index (χ2n) is 9.33. The Morgan fingerprint density at radius 2 is 1.74 bits per heavy atom. The van der Waals surface area contributed by atoms with E-state index in [0.717, 1.165) is 50.0 Å². The normalized spacial score (nSPS) is 17.5. The molecule has 1 saturated heterocycles. The fourth-order valence-electron chi connectivity index (χ4n) is 4.37. The molecule has 0 saturated carbocycles. The Bertz CT molecular complexity index is 813. The standard InChI is InChI=1S/C24H36N4O3/c1-16(2)24(31)28-11-5-6-19-7-8-20(14-21(19)28)26-23(30)22(29)25-15-18-9-12-27(13-10-18)17(3)4/h7-8,14,16-18H,5-6,9-13,15H2,1-4H3,(H,25,29)(H,26,30). The lowest BCUT2D eigenvalue weighted by Crippen LogP contribution is -2.43. The SMILES string of the molecule is CC(C)C(=O)N1CCCc2ccc(NC(=O)C(=O)NCC3CCN(C(C)C)CC3)cc21. The number of benzene rings is 1. The summed E-state index contributed by atoms with van der Waals surface area (Å²) in [5.41, 5.74) is 2.46. The number of hydrogen-bond donors (Lipinski definition) is 2. The molecule has 2 heterocycles. The molecule has 1 aromatic carbocycles. The maximum atomic E-state index is 12.6. The smallest absolute Gasteiger partial charge is 0.313 e. The van der Waals surface area contributed by atoms with Crippen LogP contribution in [0.4, 0.5) is 11.4 Å². The van der Waals surface area contributed by atoms with Crippen molar-refractivity contribution in [2.75, 3.05) is 36.4 Å². The van der Waals surface area contributed by atoms with Gasteiger partial charge in [-0.1, -0.05) is 19.9 Å². The van der Waals surface area contributed by atoms with E-state index in [4.69, 9.17) is 0 Å². The Labute approximate surface area is 185 Å². The van der Waals surface area contributed by atoms with Gasteiger partial charge in [0.15, 0.2) is 0 Å². The van der Waals surface area contributed by atoms with Crippen LogP contribution in [-0.4, -0.2) is 54.8 Å². The third-order valence-electron chi connectivity index (χ3n) is 6.36. The Morgan fingerprint density at radius 3 is 2.39 bits per heavy atom. The van der Waals surface area contributed by atoms with Crippen molar-refractivity contribution in [3.05, 3.63) is 23.8 Å². The van der Waals surface area contributed by atoms with Crippen LogP contribution in [0, 0.1) is 11.8 Å². The first kappa shape index (κ1) is 23.3. The molecule has 2 aliphatic heterocycles. The molecule has 3 amide bonds. The molecule has 31 heavy (non-hydrogen) atoms. The molecule has 0 atom stereocenters. The van der Waals surface area contributed by atoms with Gasteiger partial charge in [-0.05, 0) is 76.2 Å². The van der Waals surface area contributed by atoms with Crippen LogP contribution >= 0.6 is 0 Å². The molecule has 7 nitrogen and oxygen atoms in total. The summed E-state index contributed by atoms with van der Waals surface area (Å²) >= 11 is 0. The van der Waals surface area contributed by atoms with E-state index in [1.165, 1.54) is 0 Å². The number of nitrogens with one attached hydrogen (secondary N) is 2. The average Bonchev–Trinajstić information content (AvgIpc) is 2.76. The summed E-state index contributed by atoms with van der Waals surface area (Å²) in [5.74, 6) is -0.893. The molecule has 170 valence electrons. The first-order chi connectivity index (χ1) is 14.8. The van der Waals surface area contributed by atoms with Crippen LogP contribution in [-0.2, 0) is 20.8 Å². The quantitative estimate of drug-likeness (QED) is 0.707. The van der Waals surface area contributed by atoms with E-state index < -0.39 is 11.8 Å². The first-order valence-electron chi connectivity index (χ1n) is 11.5. The number of likely N-dealkylation sites (tertiary alicyclic amines) is 1. The third-order valence-corrected chi connectivity index (χ3v) is 6.36. The highest BCUT2D eigenvalue weighted by Gasteiger charge is 2.26. The Morgan fingerprint density at radius 1 is 1.03 bits per heavy atom. The Hall–Kier alpha value is -2.41. The number of piperidine rings is 1. The van der Waals surface area contributed by atoms with Gasteiger partial charge in [0, 0.05) is 36.4 Å². The van der Waals surface area contributed by atoms with Gasteiger partial charge in [0.1, 0.15) is 0 Å². The van der Waals surface area contributed by atoms with Crippen LogP contribution in [0.5, 0.6) is 0 Å². The minimum absolute atomic E-state index is 0.0747. The van der Waals surface area contributed by atoms with E-state index >= 15 is 0 Å². The number of hydrogen-bond acceptors (Lipinski definition) is 4. The van der Waals surface area contributed by atoms with Gasteiger partial charge in [-0.3, -0.25) is 14.4 Å². The molecule has 2 N–H and O–H groups in total. The predicted octanol–water partition coefficient (Wildman–Crippen LogP) is 2.80. The maximum Gasteiger partial charge on any atom is 0.313 e. The van der Waals surface area contributed by atoms with E-state index in [2.05, 4.69) is 29.4 Å². The molecule has 0 bridgehead atoms. The molecule has 0 radical (unpaired) electrons. The average molecular weight is 429 g/mol. The zero-order valence-corrected chi connectivity index (χ0v) is 19.2. The topological polar surface area (TPSA) is 81.8 Å². The monoisotopic (exact) mass is 428 g/mol. The lowest BCUT2D eigenvalue weighted by molar-refractivity contribution is -0.136. The summed E-state index contributed by atoms with van der Waals surface area (Å²) in [6.45, 7) is 11.4. The molecule has 7 heteroatoms. The molecule has 0 aromatic heterocycles. The van der Waals surface area contributed by atoms with E-state index in [1.54, 1.807) is 11.0 Å². The Balaban J connectivity index is 1.55. The molecule has 3 rings (SSSR count). The van der Waals surface area contributed by atoms with Crippen molar-refractivity contribution in [2.45, 2.75) is 59.4 Å². The van der Waals surface area contributed by atoms with Gasteiger partial charge in [0.25, 0.3) is 0 Å². The second-order valence-corrected chi connectivity index (χ2v) is 9.33. The summed E-state index contributed by atoms with van der Waals surface area (Å²) in [7, 11) is 0. The van der Waals surface area contributed by atoms with Crippen molar-refractivity contribution in [2.24, 2.45) is 11.8 Å². The van der Waals surface area contributed by atoms with Crippen molar-refractivity contribution >= 4 is 29.1 Å². The van der Waals surface area contributed by atoms with Crippen molar-refractivity contribution in [3.63, 3.8) is 0 Å². The van der Waals surface area contributed by atoms with E-state index in [0.29, 0.717) is 30.7 Å². The molecule has 0 spiro atoms. The number of rotatable bonds is 5. The predicted molar refractivity (Wildman–Crippen MR) is 123 cm³/mol. The van der Waals surface area contributed by atoms with Crippen molar-refractivity contribution in [1.82, 2.24) is 10.2 Å². The van der Waals surface area contributed by atoms with Gasteiger partial charge in [0.05, 0.1) is 0 Å². The highest BCUT2D eigenvalue weighted by Crippen LogP contribution is 2.31. The summed E-state index contributed by atoms with van der Waals surface area (Å²) in [6, 6.07) is 6.09. The van der Waals surface area contributed by atoms with E-state index in [1.807, 2.05) is 26.0 Å². The zero-order valence-electron chi connectivity index (χ0n) is 19.2. The summed E-state index contributed by atoms with van der Waals surface area (Å²) in [4.78, 5) is 41.5. The highest BCUT2D eigenvalue weighted by atomic mass is 16.2. The van der Waals surface area contributed by atoms with Gasteiger partial charge < -0.3 is 20.4 Å². The number of carbonyl (C=O) groups excluding carboxylic acids is 3. The number of fused-ring (bicyclic) bond motifs is 1. The molecule has 0 unspecified atom stereocenters. The number of anilines is 2. The molecular formula is C24H36N4O3. The van der Waals surface area contributed by atoms with Gasteiger partial charge in [-0.25, -0.2) is 0 Å². The number of amides is 3. The van der Waals surface area contributed by atoms with E-state index in [9.17, 15) is 14.4 Å². The first-order valence-corrected chi connectivity index (χ1v) is 11.5. The fourth-order valence-corrected chi connectivity index (χ4v) is 4.37. The van der Waals surface area contributed by atoms with Crippen LogP contribution in [0.1, 0.15) is 52.5 Å². The zero-order chi connectivity index (χ0) is 22.5. The van der Waals surface area contributed by atoms with Gasteiger partial charge in [-0.2, -0.15) is 0 Å². The van der Waals surface area contributed by atoms with Crippen LogP contribution in [0.25, 0.3) is 0 Å². The van der Waals surface area contributed by atoms with Crippen LogP contribution in [0.15, 0.2) is 18.2 Å². The fraction of sp³-hybridized carbons (Fsp3) is 0.625. The third kappa shape index (κ3) is 5.85. The molecule has 1 aromatic rings. The van der Waals surface area contributed by atoms with Gasteiger partial charge in [0.2, 0.25) is 5.91 Å². The number of nitrogens with zero attached hydrogens (tertiary/aromatic N) is 2. The van der Waals surface area contributed by atoms with Gasteiger partial charge in [-0.15, -0.1) is 0 Å². The van der Waals surface area contributed by atoms with Crippen molar-refractivity contribution < 1.29 is 14.4 Å². The van der Waals surface area contributed by atoms with Gasteiger partial charge >= 0.3 is 11.8 Å². The minimum atomic E-state index is -0.669. The highest BCUT2D eigenvalue weighted by molar-refractivity contribution is 6.39. The molecular weight excluding hydrogens is 392 g/mol. The number of aryl methyl sites for hydroxylation is 1. The number of carbonyl (C=O) groups is 3. The van der Waals surface area contributed by atoms with Crippen molar-refractivity contribution in [3.8, 4) is 0 Å². The van der Waals surface area contributed by atoms with Crippen LogP contribution in [0.3, 0.4) is 0 Å². The summed E-state index contributed by atoms with van der Waals surface area (Å²) < 4.78 is 0. The van der Waals surface area contributed by atoms with Crippen LogP contribution in [0.2, 0.25) is 0 Å². The largest absolute Gasteiger partial charge is 0.348 e. The minimum Gasteiger partial charge on any atom is -0.348 e. The van der Waals surface area contributed by atoms with Crippen LogP contribution < -0.4 is 15.5 Å². The molecule has 0 aliphatic carbocycles. The lowest BCUT2D eigenvalue weighted by atomic mass is 9.96. The maximum absolute atomic E-state index is 12.6. The van der Waals surface area contributed by atoms with Crippen molar-refractivity contribution in [1.29, 1.82) is 0 Å². The summed E-state index contributed by atoms with van der Waals surface area (Å²) in [6.07, 6.45) is 3.90. The summed E-state index contributed by atoms with van der Waals surface area (Å²) in [5, 5.41) is 5.48. The second kappa shape index (κ2) is 10.3. The lowest BCUT2D eigenvalue weighted by Gasteiger charge is -2.34. The Kier molecular flexibility index (Phi) is 7.70. The molecule has 1 fully saturated rings.